The average Bonchev–Trinajstić information content (AvgIpc) is 3.11. The van der Waals surface area contributed by atoms with Gasteiger partial charge in [0.15, 0.2) is 0 Å². The van der Waals surface area contributed by atoms with Crippen molar-refractivity contribution in [3.8, 4) is 10.7 Å². The number of hydrogen-bond donors (Lipinski definition) is 0. The van der Waals surface area contributed by atoms with Gasteiger partial charge in [0, 0.05) is 30.0 Å². The number of thiazole rings is 1. The summed E-state index contributed by atoms with van der Waals surface area (Å²) in [6.45, 7) is 0.730. The molecular formula is C17H14N4OS. The van der Waals surface area contributed by atoms with Gasteiger partial charge in [0.2, 0.25) is 0 Å². The molecule has 0 saturated carbocycles. The summed E-state index contributed by atoms with van der Waals surface area (Å²) >= 11 is 1.42. The number of aromatic nitrogens is 3. The molecule has 0 radical (unpaired) electrons. The maximum atomic E-state index is 12.8. The van der Waals surface area contributed by atoms with Crippen LogP contribution < -0.4 is 4.90 Å². The van der Waals surface area contributed by atoms with Crippen LogP contribution in [0.2, 0.25) is 0 Å². The SMILES string of the molecule is O=C(c1csc(-c2cnccn2)n1)N1CCCc2ccccc21. The molecule has 0 fully saturated rings. The molecule has 0 atom stereocenters. The van der Waals surface area contributed by atoms with Crippen molar-refractivity contribution in [2.45, 2.75) is 12.8 Å². The molecule has 6 heteroatoms. The second-order valence-electron chi connectivity index (χ2n) is 5.32. The predicted octanol–water partition coefficient (Wildman–Crippen LogP) is 3.19. The summed E-state index contributed by atoms with van der Waals surface area (Å²) in [7, 11) is 0. The third-order valence-electron chi connectivity index (χ3n) is 3.86. The molecule has 1 aromatic carbocycles. The fraction of sp³-hybridized carbons (Fsp3) is 0.176. The van der Waals surface area contributed by atoms with Gasteiger partial charge >= 0.3 is 0 Å². The number of aryl methyl sites for hydroxylation is 1. The first kappa shape index (κ1) is 14.0. The van der Waals surface area contributed by atoms with E-state index in [4.69, 9.17) is 0 Å². The van der Waals surface area contributed by atoms with Crippen molar-refractivity contribution in [3.05, 3.63) is 59.5 Å². The molecule has 0 unspecified atom stereocenters. The Hall–Kier alpha value is -2.60. The van der Waals surface area contributed by atoms with E-state index in [0.29, 0.717) is 16.4 Å². The molecule has 1 amide bonds. The molecule has 0 spiro atoms. The van der Waals surface area contributed by atoms with E-state index in [0.717, 1.165) is 25.1 Å². The minimum absolute atomic E-state index is 0.0523. The molecule has 0 saturated heterocycles. The standard InChI is InChI=1S/C17H14N4OS/c22-17(21-9-3-5-12-4-1-2-6-15(12)21)14-11-23-16(20-14)13-10-18-7-8-19-13/h1-2,4,6-8,10-11H,3,5,9H2. The third-order valence-corrected chi connectivity index (χ3v) is 4.73. The largest absolute Gasteiger partial charge is 0.307 e. The van der Waals surface area contributed by atoms with Crippen molar-refractivity contribution in [1.29, 1.82) is 0 Å². The highest BCUT2D eigenvalue weighted by Crippen LogP contribution is 2.29. The smallest absolute Gasteiger partial charge is 0.277 e. The van der Waals surface area contributed by atoms with Gasteiger partial charge < -0.3 is 4.90 Å². The highest BCUT2D eigenvalue weighted by molar-refractivity contribution is 7.13. The second-order valence-corrected chi connectivity index (χ2v) is 6.18. The van der Waals surface area contributed by atoms with E-state index in [1.807, 2.05) is 23.1 Å². The van der Waals surface area contributed by atoms with Crippen LogP contribution in [0.4, 0.5) is 5.69 Å². The number of benzene rings is 1. The van der Waals surface area contributed by atoms with Crippen molar-refractivity contribution in [3.63, 3.8) is 0 Å². The number of rotatable bonds is 2. The van der Waals surface area contributed by atoms with Crippen LogP contribution in [0, 0.1) is 0 Å². The zero-order chi connectivity index (χ0) is 15.6. The molecule has 0 aliphatic carbocycles. The molecule has 1 aliphatic heterocycles. The van der Waals surface area contributed by atoms with Crippen LogP contribution in [-0.2, 0) is 6.42 Å². The topological polar surface area (TPSA) is 59.0 Å². The number of nitrogens with zero attached hydrogens (tertiary/aromatic N) is 4. The Balaban J connectivity index is 1.65. The number of carbonyl (C=O) groups is 1. The average molecular weight is 322 g/mol. The molecule has 114 valence electrons. The monoisotopic (exact) mass is 322 g/mol. The maximum Gasteiger partial charge on any atom is 0.277 e. The summed E-state index contributed by atoms with van der Waals surface area (Å²) < 4.78 is 0. The van der Waals surface area contributed by atoms with Crippen LogP contribution in [0.15, 0.2) is 48.2 Å². The number of anilines is 1. The van der Waals surface area contributed by atoms with E-state index >= 15 is 0 Å². The fourth-order valence-electron chi connectivity index (χ4n) is 2.78. The molecule has 3 aromatic rings. The zero-order valence-electron chi connectivity index (χ0n) is 12.3. The Bertz CT molecular complexity index is 847. The van der Waals surface area contributed by atoms with Crippen LogP contribution in [0.5, 0.6) is 0 Å². The van der Waals surface area contributed by atoms with Gasteiger partial charge in [0.25, 0.3) is 5.91 Å². The molecule has 0 N–H and O–H groups in total. The van der Waals surface area contributed by atoms with E-state index < -0.39 is 0 Å². The van der Waals surface area contributed by atoms with Crippen molar-refractivity contribution in [2.24, 2.45) is 0 Å². The number of amides is 1. The van der Waals surface area contributed by atoms with Gasteiger partial charge in [-0.15, -0.1) is 11.3 Å². The minimum atomic E-state index is -0.0523. The quantitative estimate of drug-likeness (QED) is 0.727. The van der Waals surface area contributed by atoms with Crippen LogP contribution in [0.1, 0.15) is 22.5 Å². The third kappa shape index (κ3) is 2.61. The molecule has 5 nitrogen and oxygen atoms in total. The molecule has 23 heavy (non-hydrogen) atoms. The van der Waals surface area contributed by atoms with Gasteiger partial charge in [0.1, 0.15) is 16.4 Å². The summed E-state index contributed by atoms with van der Waals surface area (Å²) in [6, 6.07) is 8.07. The van der Waals surface area contributed by atoms with Crippen LogP contribution in [0.25, 0.3) is 10.7 Å². The van der Waals surface area contributed by atoms with Gasteiger partial charge in [-0.05, 0) is 24.5 Å². The second kappa shape index (κ2) is 5.89. The van der Waals surface area contributed by atoms with Gasteiger partial charge in [-0.1, -0.05) is 18.2 Å². The lowest BCUT2D eigenvalue weighted by molar-refractivity contribution is 0.0981. The highest BCUT2D eigenvalue weighted by atomic mass is 32.1. The number of fused-ring (bicyclic) bond motifs is 1. The first-order valence-electron chi connectivity index (χ1n) is 7.44. The normalized spacial score (nSPS) is 13.7. The lowest BCUT2D eigenvalue weighted by Crippen LogP contribution is -2.35. The summed E-state index contributed by atoms with van der Waals surface area (Å²) in [5.41, 5.74) is 3.37. The Labute approximate surface area is 137 Å². The molecular weight excluding hydrogens is 308 g/mol. The molecule has 3 heterocycles. The van der Waals surface area contributed by atoms with Crippen LogP contribution in [-0.4, -0.2) is 27.4 Å². The molecule has 4 rings (SSSR count). The van der Waals surface area contributed by atoms with Crippen molar-refractivity contribution < 1.29 is 4.79 Å². The lowest BCUT2D eigenvalue weighted by atomic mass is 10.0. The molecule has 1 aliphatic rings. The number of hydrogen-bond acceptors (Lipinski definition) is 5. The number of carbonyl (C=O) groups excluding carboxylic acids is 1. The maximum absolute atomic E-state index is 12.8. The van der Waals surface area contributed by atoms with E-state index in [9.17, 15) is 4.79 Å². The molecule has 2 aromatic heterocycles. The van der Waals surface area contributed by atoms with Crippen LogP contribution in [0.3, 0.4) is 0 Å². The highest BCUT2D eigenvalue weighted by Gasteiger charge is 2.25. The van der Waals surface area contributed by atoms with Gasteiger partial charge in [-0.25, -0.2) is 4.98 Å². The Kier molecular flexibility index (Phi) is 3.59. The summed E-state index contributed by atoms with van der Waals surface area (Å²) in [6.07, 6.45) is 6.89. The van der Waals surface area contributed by atoms with Gasteiger partial charge in [-0.3, -0.25) is 14.8 Å². The van der Waals surface area contributed by atoms with Crippen molar-refractivity contribution in [2.75, 3.05) is 11.4 Å². The van der Waals surface area contributed by atoms with E-state index in [2.05, 4.69) is 21.0 Å². The summed E-state index contributed by atoms with van der Waals surface area (Å²) in [5.74, 6) is -0.0523. The Morgan fingerprint density at radius 2 is 2.13 bits per heavy atom. The van der Waals surface area contributed by atoms with Crippen LogP contribution >= 0.6 is 11.3 Å². The van der Waals surface area contributed by atoms with E-state index in [1.165, 1.54) is 16.9 Å². The van der Waals surface area contributed by atoms with Gasteiger partial charge in [-0.2, -0.15) is 0 Å². The Morgan fingerprint density at radius 1 is 1.22 bits per heavy atom. The minimum Gasteiger partial charge on any atom is -0.307 e. The first-order valence-corrected chi connectivity index (χ1v) is 8.32. The summed E-state index contributed by atoms with van der Waals surface area (Å²) in [4.78, 5) is 27.4. The van der Waals surface area contributed by atoms with Gasteiger partial charge in [0.05, 0.1) is 6.20 Å². The van der Waals surface area contributed by atoms with Crippen molar-refractivity contribution >= 4 is 22.9 Å². The Morgan fingerprint density at radius 3 is 3.00 bits per heavy atom. The lowest BCUT2D eigenvalue weighted by Gasteiger charge is -2.28. The van der Waals surface area contributed by atoms with Crippen molar-refractivity contribution in [1.82, 2.24) is 15.0 Å². The number of para-hydroxylation sites is 1. The summed E-state index contributed by atoms with van der Waals surface area (Å²) in [5, 5.41) is 2.51. The fourth-order valence-corrected chi connectivity index (χ4v) is 3.54. The zero-order valence-corrected chi connectivity index (χ0v) is 13.2. The van der Waals surface area contributed by atoms with E-state index in [-0.39, 0.29) is 5.91 Å². The predicted molar refractivity (Wildman–Crippen MR) is 89.6 cm³/mol. The molecule has 0 bridgehead atoms. The first-order chi connectivity index (χ1) is 11.3. The van der Waals surface area contributed by atoms with E-state index in [1.54, 1.807) is 24.0 Å².